The number of benzene rings is 2. The van der Waals surface area contributed by atoms with E-state index in [1.54, 1.807) is 31.3 Å². The normalized spacial score (nSPS) is 11.3. The summed E-state index contributed by atoms with van der Waals surface area (Å²) < 4.78 is 27.3. The monoisotopic (exact) mass is 304 g/mol. The van der Waals surface area contributed by atoms with Gasteiger partial charge in [-0.25, -0.2) is 13.1 Å². The standard InChI is InChI=1S/C16H20N2O2S/c1-13-7-3-4-8-14(13)11-12-18-21(19,20)16-10-6-5-9-15(16)17-2/h3-10,17-18H,11-12H2,1-2H3. The van der Waals surface area contributed by atoms with Gasteiger partial charge in [0.25, 0.3) is 0 Å². The summed E-state index contributed by atoms with van der Waals surface area (Å²) in [6.07, 6.45) is 0.674. The van der Waals surface area contributed by atoms with Gasteiger partial charge < -0.3 is 5.32 Å². The number of hydrogen-bond donors (Lipinski definition) is 2. The third kappa shape index (κ3) is 3.83. The Morgan fingerprint density at radius 1 is 1.00 bits per heavy atom. The van der Waals surface area contributed by atoms with Crippen molar-refractivity contribution >= 4 is 15.7 Å². The highest BCUT2D eigenvalue weighted by Gasteiger charge is 2.16. The van der Waals surface area contributed by atoms with E-state index >= 15 is 0 Å². The van der Waals surface area contributed by atoms with Crippen LogP contribution in [0.4, 0.5) is 5.69 Å². The van der Waals surface area contributed by atoms with Crippen LogP contribution in [0.2, 0.25) is 0 Å². The number of nitrogens with one attached hydrogen (secondary N) is 2. The van der Waals surface area contributed by atoms with Crippen LogP contribution in [0.25, 0.3) is 0 Å². The molecule has 0 saturated carbocycles. The van der Waals surface area contributed by atoms with E-state index in [2.05, 4.69) is 10.0 Å². The molecule has 0 heterocycles. The highest BCUT2D eigenvalue weighted by atomic mass is 32.2. The number of rotatable bonds is 6. The van der Waals surface area contributed by atoms with Gasteiger partial charge in [0.15, 0.2) is 0 Å². The molecule has 4 nitrogen and oxygen atoms in total. The average molecular weight is 304 g/mol. The first kappa shape index (κ1) is 15.5. The minimum absolute atomic E-state index is 0.275. The molecule has 21 heavy (non-hydrogen) atoms. The highest BCUT2D eigenvalue weighted by Crippen LogP contribution is 2.19. The Morgan fingerprint density at radius 2 is 1.67 bits per heavy atom. The van der Waals surface area contributed by atoms with Gasteiger partial charge >= 0.3 is 0 Å². The average Bonchev–Trinajstić information content (AvgIpc) is 2.49. The Morgan fingerprint density at radius 3 is 2.38 bits per heavy atom. The molecule has 0 bridgehead atoms. The molecule has 0 aliphatic carbocycles. The van der Waals surface area contributed by atoms with E-state index in [0.29, 0.717) is 18.7 Å². The summed E-state index contributed by atoms with van der Waals surface area (Å²) in [7, 11) is -1.79. The highest BCUT2D eigenvalue weighted by molar-refractivity contribution is 7.89. The van der Waals surface area contributed by atoms with Gasteiger partial charge in [-0.1, -0.05) is 36.4 Å². The largest absolute Gasteiger partial charge is 0.387 e. The number of sulfonamides is 1. The van der Waals surface area contributed by atoms with Crippen molar-refractivity contribution in [1.29, 1.82) is 0 Å². The Bertz CT molecular complexity index is 712. The molecule has 0 aliphatic rings. The lowest BCUT2D eigenvalue weighted by atomic mass is 10.1. The molecule has 5 heteroatoms. The second kappa shape index (κ2) is 6.74. The molecular weight excluding hydrogens is 284 g/mol. The summed E-state index contributed by atoms with van der Waals surface area (Å²) in [5.74, 6) is 0. The van der Waals surface area contributed by atoms with Crippen molar-refractivity contribution in [3.63, 3.8) is 0 Å². The summed E-state index contributed by atoms with van der Waals surface area (Å²) in [6, 6.07) is 14.9. The zero-order chi connectivity index (χ0) is 15.3. The molecule has 0 aromatic heterocycles. The second-order valence-corrected chi connectivity index (χ2v) is 6.56. The lowest BCUT2D eigenvalue weighted by molar-refractivity contribution is 0.582. The first-order chi connectivity index (χ1) is 10.0. The predicted molar refractivity (Wildman–Crippen MR) is 86.1 cm³/mol. The molecule has 2 aromatic rings. The SMILES string of the molecule is CNc1ccccc1S(=O)(=O)NCCc1ccccc1C. The molecule has 0 atom stereocenters. The molecule has 0 spiro atoms. The Hall–Kier alpha value is -1.85. The van der Waals surface area contributed by atoms with Crippen molar-refractivity contribution in [3.8, 4) is 0 Å². The molecule has 2 rings (SSSR count). The van der Waals surface area contributed by atoms with Gasteiger partial charge in [-0.3, -0.25) is 0 Å². The van der Waals surface area contributed by atoms with Crippen molar-refractivity contribution in [2.24, 2.45) is 0 Å². The van der Waals surface area contributed by atoms with E-state index in [1.165, 1.54) is 5.56 Å². The molecule has 0 radical (unpaired) electrons. The van der Waals surface area contributed by atoms with Crippen molar-refractivity contribution in [2.75, 3.05) is 18.9 Å². The smallest absolute Gasteiger partial charge is 0.242 e. The fourth-order valence-electron chi connectivity index (χ4n) is 2.20. The molecule has 112 valence electrons. The molecule has 0 unspecified atom stereocenters. The zero-order valence-corrected chi connectivity index (χ0v) is 13.1. The summed E-state index contributed by atoms with van der Waals surface area (Å²) >= 11 is 0. The third-order valence-electron chi connectivity index (χ3n) is 3.39. The summed E-state index contributed by atoms with van der Waals surface area (Å²) in [6.45, 7) is 2.41. The quantitative estimate of drug-likeness (QED) is 0.862. The minimum Gasteiger partial charge on any atom is -0.387 e. The molecule has 0 aliphatic heterocycles. The fourth-order valence-corrected chi connectivity index (χ4v) is 3.44. The van der Waals surface area contributed by atoms with E-state index in [9.17, 15) is 8.42 Å². The lowest BCUT2D eigenvalue weighted by Gasteiger charge is -2.11. The summed E-state index contributed by atoms with van der Waals surface area (Å²) in [5, 5.41) is 2.90. The van der Waals surface area contributed by atoms with E-state index in [0.717, 1.165) is 5.56 Å². The van der Waals surface area contributed by atoms with E-state index in [4.69, 9.17) is 0 Å². The minimum atomic E-state index is -3.50. The molecule has 0 fully saturated rings. The van der Waals surface area contributed by atoms with Gasteiger partial charge in [-0.05, 0) is 36.6 Å². The molecular formula is C16H20N2O2S. The third-order valence-corrected chi connectivity index (χ3v) is 4.91. The molecule has 0 saturated heterocycles. The Balaban J connectivity index is 2.07. The van der Waals surface area contributed by atoms with Gasteiger partial charge in [0.2, 0.25) is 10.0 Å². The van der Waals surface area contributed by atoms with Crippen LogP contribution in [0.3, 0.4) is 0 Å². The van der Waals surface area contributed by atoms with Crippen LogP contribution in [0.15, 0.2) is 53.4 Å². The summed E-state index contributed by atoms with van der Waals surface area (Å²) in [5.41, 5.74) is 2.93. The molecule has 0 amide bonds. The maximum Gasteiger partial charge on any atom is 0.242 e. The first-order valence-electron chi connectivity index (χ1n) is 6.85. The zero-order valence-electron chi connectivity index (χ0n) is 12.3. The van der Waals surface area contributed by atoms with E-state index in [-0.39, 0.29) is 4.90 Å². The number of aryl methyl sites for hydroxylation is 1. The second-order valence-electron chi connectivity index (χ2n) is 4.82. The van der Waals surface area contributed by atoms with Crippen LogP contribution in [0.5, 0.6) is 0 Å². The maximum absolute atomic E-state index is 12.3. The van der Waals surface area contributed by atoms with Gasteiger partial charge in [0, 0.05) is 13.6 Å². The van der Waals surface area contributed by atoms with Crippen molar-refractivity contribution in [3.05, 3.63) is 59.7 Å². The summed E-state index contributed by atoms with van der Waals surface area (Å²) in [4.78, 5) is 0.275. The van der Waals surface area contributed by atoms with Crippen LogP contribution in [-0.2, 0) is 16.4 Å². The number of para-hydroxylation sites is 1. The molecule has 2 aromatic carbocycles. The Labute approximate surface area is 126 Å². The van der Waals surface area contributed by atoms with Crippen LogP contribution >= 0.6 is 0 Å². The Kier molecular flexibility index (Phi) is 4.98. The van der Waals surface area contributed by atoms with Crippen LogP contribution in [0.1, 0.15) is 11.1 Å². The fraction of sp³-hybridized carbons (Fsp3) is 0.250. The lowest BCUT2D eigenvalue weighted by Crippen LogP contribution is -2.26. The topological polar surface area (TPSA) is 58.2 Å². The van der Waals surface area contributed by atoms with Crippen molar-refractivity contribution < 1.29 is 8.42 Å². The van der Waals surface area contributed by atoms with Crippen molar-refractivity contribution in [1.82, 2.24) is 4.72 Å². The van der Waals surface area contributed by atoms with Crippen molar-refractivity contribution in [2.45, 2.75) is 18.2 Å². The number of hydrogen-bond acceptors (Lipinski definition) is 3. The molecule has 2 N–H and O–H groups in total. The van der Waals surface area contributed by atoms with Crippen LogP contribution < -0.4 is 10.0 Å². The van der Waals surface area contributed by atoms with Crippen LogP contribution in [0, 0.1) is 6.92 Å². The van der Waals surface area contributed by atoms with Gasteiger partial charge in [0.05, 0.1) is 5.69 Å². The van der Waals surface area contributed by atoms with Gasteiger partial charge in [-0.2, -0.15) is 0 Å². The van der Waals surface area contributed by atoms with Crippen LogP contribution in [-0.4, -0.2) is 22.0 Å². The van der Waals surface area contributed by atoms with E-state index < -0.39 is 10.0 Å². The predicted octanol–water partition coefficient (Wildman–Crippen LogP) is 2.56. The van der Waals surface area contributed by atoms with Gasteiger partial charge in [0.1, 0.15) is 4.90 Å². The maximum atomic E-state index is 12.3. The van der Waals surface area contributed by atoms with Gasteiger partial charge in [-0.15, -0.1) is 0 Å². The first-order valence-corrected chi connectivity index (χ1v) is 8.34. The van der Waals surface area contributed by atoms with E-state index in [1.807, 2.05) is 31.2 Å². The number of anilines is 1.